The van der Waals surface area contributed by atoms with Gasteiger partial charge in [0.15, 0.2) is 0 Å². The summed E-state index contributed by atoms with van der Waals surface area (Å²) in [5.41, 5.74) is 5.38. The fourth-order valence-corrected chi connectivity index (χ4v) is 0.372. The van der Waals surface area contributed by atoms with Crippen LogP contribution in [-0.4, -0.2) is 11.8 Å². The quantitative estimate of drug-likeness (QED) is 0.452. The van der Waals surface area contributed by atoms with Gasteiger partial charge in [0.25, 0.3) is 0 Å². The number of hydrogen-bond acceptors (Lipinski definition) is 3. The predicted octanol–water partition coefficient (Wildman–Crippen LogP) is 1.22. The molecule has 0 rings (SSSR count). The van der Waals surface area contributed by atoms with Crippen molar-refractivity contribution in [1.29, 1.82) is 5.26 Å². The van der Waals surface area contributed by atoms with E-state index in [1.54, 1.807) is 0 Å². The van der Waals surface area contributed by atoms with Gasteiger partial charge in [-0.2, -0.15) is 5.26 Å². The number of rotatable bonds is 1. The molecule has 0 amide bonds. The van der Waals surface area contributed by atoms with Gasteiger partial charge in [0.05, 0.1) is 11.1 Å². The second kappa shape index (κ2) is 3.77. The van der Waals surface area contributed by atoms with Gasteiger partial charge in [0.2, 0.25) is 0 Å². The molecule has 0 aliphatic heterocycles. The first-order valence-electron chi connectivity index (χ1n) is 3.37. The minimum Gasteiger partial charge on any atom is -0.403 e. The zero-order valence-corrected chi connectivity index (χ0v) is 7.13. The molecule has 0 atom stereocenters. The van der Waals surface area contributed by atoms with Crippen molar-refractivity contribution >= 4 is 6.21 Å². The van der Waals surface area contributed by atoms with E-state index in [4.69, 9.17) is 11.0 Å². The summed E-state index contributed by atoms with van der Waals surface area (Å²) in [6.07, 6.45) is 2.73. The molecule has 0 aliphatic rings. The number of nitrogens with two attached hydrogens (primary N) is 1. The average Bonchev–Trinajstić information content (AvgIpc) is 1.88. The van der Waals surface area contributed by atoms with Crippen molar-refractivity contribution in [3.8, 4) is 6.07 Å². The Balaban J connectivity index is 4.27. The van der Waals surface area contributed by atoms with E-state index in [-0.39, 0.29) is 5.54 Å². The molecule has 11 heavy (non-hydrogen) atoms. The lowest BCUT2D eigenvalue weighted by Gasteiger charge is -2.09. The van der Waals surface area contributed by atoms with E-state index in [0.29, 0.717) is 5.57 Å². The minimum absolute atomic E-state index is 0.148. The Morgan fingerprint density at radius 1 is 1.55 bits per heavy atom. The summed E-state index contributed by atoms with van der Waals surface area (Å²) in [6.45, 7) is 5.86. The van der Waals surface area contributed by atoms with Crippen LogP contribution in [0.1, 0.15) is 20.8 Å². The number of aliphatic imine (C=N–C) groups is 1. The van der Waals surface area contributed by atoms with Crippen LogP contribution in [0.15, 0.2) is 16.8 Å². The van der Waals surface area contributed by atoms with Crippen molar-refractivity contribution in [2.45, 2.75) is 26.3 Å². The normalized spacial score (nSPS) is 13.5. The molecular weight excluding hydrogens is 138 g/mol. The Labute approximate surface area is 67.2 Å². The Kier molecular flexibility index (Phi) is 3.32. The van der Waals surface area contributed by atoms with Crippen LogP contribution in [0.25, 0.3) is 0 Å². The highest BCUT2D eigenvalue weighted by atomic mass is 14.8. The number of hydrogen-bond donors (Lipinski definition) is 1. The maximum absolute atomic E-state index is 8.43. The van der Waals surface area contributed by atoms with Crippen molar-refractivity contribution in [2.24, 2.45) is 10.7 Å². The van der Waals surface area contributed by atoms with Crippen molar-refractivity contribution in [3.63, 3.8) is 0 Å². The van der Waals surface area contributed by atoms with E-state index in [1.165, 1.54) is 12.4 Å². The zero-order chi connectivity index (χ0) is 8.91. The first kappa shape index (κ1) is 9.70. The standard InChI is InChI=1S/C8H13N3/c1-8(2,3)11-6-7(4-9)5-10/h4,6H,9H2,1-3H3. The Morgan fingerprint density at radius 3 is 2.36 bits per heavy atom. The summed E-state index contributed by atoms with van der Waals surface area (Å²) in [6, 6.07) is 1.91. The number of nitrogens with zero attached hydrogens (tertiary/aromatic N) is 2. The van der Waals surface area contributed by atoms with Gasteiger partial charge in [-0.25, -0.2) is 0 Å². The summed E-state index contributed by atoms with van der Waals surface area (Å²) in [5.74, 6) is 0. The van der Waals surface area contributed by atoms with E-state index in [9.17, 15) is 0 Å². The SMILES string of the molecule is CC(C)(C)N=CC(C#N)=CN. The van der Waals surface area contributed by atoms with Gasteiger partial charge in [-0.05, 0) is 20.8 Å². The third kappa shape index (κ3) is 5.16. The highest BCUT2D eigenvalue weighted by Gasteiger charge is 2.04. The predicted molar refractivity (Wildman–Crippen MR) is 46.1 cm³/mol. The van der Waals surface area contributed by atoms with E-state index >= 15 is 0 Å². The summed E-state index contributed by atoms with van der Waals surface area (Å²) in [5, 5.41) is 8.43. The van der Waals surface area contributed by atoms with Crippen LogP contribution >= 0.6 is 0 Å². The molecule has 0 radical (unpaired) electrons. The van der Waals surface area contributed by atoms with E-state index in [1.807, 2.05) is 26.8 Å². The van der Waals surface area contributed by atoms with Crippen LogP contribution in [0, 0.1) is 11.3 Å². The van der Waals surface area contributed by atoms with Crippen LogP contribution in [0.4, 0.5) is 0 Å². The topological polar surface area (TPSA) is 62.2 Å². The van der Waals surface area contributed by atoms with Crippen molar-refractivity contribution in [2.75, 3.05) is 0 Å². The lowest BCUT2D eigenvalue weighted by Crippen LogP contribution is -2.09. The fraction of sp³-hybridized carbons (Fsp3) is 0.500. The van der Waals surface area contributed by atoms with E-state index in [0.717, 1.165) is 0 Å². The van der Waals surface area contributed by atoms with Crippen LogP contribution in [0.2, 0.25) is 0 Å². The number of nitriles is 1. The molecule has 2 N–H and O–H groups in total. The highest BCUT2D eigenvalue weighted by molar-refractivity contribution is 5.83. The van der Waals surface area contributed by atoms with Gasteiger partial charge in [0.1, 0.15) is 6.07 Å². The highest BCUT2D eigenvalue weighted by Crippen LogP contribution is 2.05. The monoisotopic (exact) mass is 151 g/mol. The molecule has 0 aromatic rings. The Hall–Kier alpha value is -1.30. The van der Waals surface area contributed by atoms with Gasteiger partial charge in [-0.3, -0.25) is 4.99 Å². The average molecular weight is 151 g/mol. The molecule has 0 fully saturated rings. The van der Waals surface area contributed by atoms with Gasteiger partial charge in [-0.1, -0.05) is 0 Å². The van der Waals surface area contributed by atoms with Crippen LogP contribution in [0.3, 0.4) is 0 Å². The lowest BCUT2D eigenvalue weighted by atomic mass is 10.1. The maximum Gasteiger partial charge on any atom is 0.102 e. The summed E-state index contributed by atoms with van der Waals surface area (Å²) >= 11 is 0. The third-order valence-electron chi connectivity index (χ3n) is 0.900. The van der Waals surface area contributed by atoms with Crippen LogP contribution < -0.4 is 5.73 Å². The Morgan fingerprint density at radius 2 is 2.09 bits per heavy atom. The molecule has 0 bridgehead atoms. The molecular formula is C8H13N3. The molecule has 0 saturated carbocycles. The molecule has 0 saturated heterocycles. The number of allylic oxidation sites excluding steroid dienone is 1. The molecule has 3 nitrogen and oxygen atoms in total. The van der Waals surface area contributed by atoms with E-state index in [2.05, 4.69) is 4.99 Å². The summed E-state index contributed by atoms with van der Waals surface area (Å²) in [7, 11) is 0. The Bertz CT molecular complexity index is 212. The smallest absolute Gasteiger partial charge is 0.102 e. The molecule has 0 aliphatic carbocycles. The molecule has 0 spiro atoms. The zero-order valence-electron chi connectivity index (χ0n) is 7.13. The van der Waals surface area contributed by atoms with Crippen molar-refractivity contribution in [1.82, 2.24) is 0 Å². The molecule has 3 heteroatoms. The molecule has 0 heterocycles. The largest absolute Gasteiger partial charge is 0.403 e. The molecule has 0 aromatic carbocycles. The van der Waals surface area contributed by atoms with Crippen molar-refractivity contribution < 1.29 is 0 Å². The lowest BCUT2D eigenvalue weighted by molar-refractivity contribution is 0.586. The molecule has 0 aromatic heterocycles. The van der Waals surface area contributed by atoms with E-state index < -0.39 is 0 Å². The first-order valence-corrected chi connectivity index (χ1v) is 3.37. The van der Waals surface area contributed by atoms with Crippen LogP contribution in [-0.2, 0) is 0 Å². The first-order chi connectivity index (χ1) is 4.99. The van der Waals surface area contributed by atoms with Gasteiger partial charge in [0, 0.05) is 12.4 Å². The minimum atomic E-state index is -0.148. The van der Waals surface area contributed by atoms with Gasteiger partial charge >= 0.3 is 0 Å². The fourth-order valence-electron chi connectivity index (χ4n) is 0.372. The molecule has 60 valence electrons. The van der Waals surface area contributed by atoms with Gasteiger partial charge < -0.3 is 5.73 Å². The second-order valence-electron chi connectivity index (χ2n) is 3.16. The van der Waals surface area contributed by atoms with Gasteiger partial charge in [-0.15, -0.1) is 0 Å². The molecule has 0 unspecified atom stereocenters. The summed E-state index contributed by atoms with van der Waals surface area (Å²) < 4.78 is 0. The second-order valence-corrected chi connectivity index (χ2v) is 3.16. The maximum atomic E-state index is 8.43. The third-order valence-corrected chi connectivity index (χ3v) is 0.900. The summed E-state index contributed by atoms with van der Waals surface area (Å²) in [4.78, 5) is 4.10. The van der Waals surface area contributed by atoms with Crippen LogP contribution in [0.5, 0.6) is 0 Å². The van der Waals surface area contributed by atoms with Crippen molar-refractivity contribution in [3.05, 3.63) is 11.8 Å².